The number of esters is 1. The van der Waals surface area contributed by atoms with Crippen molar-refractivity contribution in [2.45, 2.75) is 19.4 Å². The lowest BCUT2D eigenvalue weighted by Crippen LogP contribution is -2.29. The molecular weight excluding hydrogens is 420 g/mol. The predicted octanol–water partition coefficient (Wildman–Crippen LogP) is 4.28. The molecule has 31 heavy (non-hydrogen) atoms. The van der Waals surface area contributed by atoms with Crippen LogP contribution < -0.4 is 10.6 Å². The number of furan rings is 1. The van der Waals surface area contributed by atoms with E-state index in [1.54, 1.807) is 54.6 Å². The molecule has 0 aliphatic carbocycles. The minimum Gasteiger partial charge on any atom is -0.459 e. The number of ether oxygens (including phenoxy) is 1. The quantitative estimate of drug-likeness (QED) is 0.509. The molecule has 0 aliphatic heterocycles. The molecule has 0 spiro atoms. The monoisotopic (exact) mass is 440 g/mol. The van der Waals surface area contributed by atoms with Gasteiger partial charge in [-0.25, -0.2) is 0 Å². The van der Waals surface area contributed by atoms with Gasteiger partial charge in [0.25, 0.3) is 11.8 Å². The molecule has 0 bridgehead atoms. The van der Waals surface area contributed by atoms with Gasteiger partial charge in [0.15, 0.2) is 5.76 Å². The summed E-state index contributed by atoms with van der Waals surface area (Å²) in [6, 6.07) is 16.9. The first-order valence-corrected chi connectivity index (χ1v) is 9.95. The number of nitrogens with one attached hydrogen (secondary N) is 2. The van der Waals surface area contributed by atoms with Crippen molar-refractivity contribution in [3.8, 4) is 0 Å². The molecule has 2 N–H and O–H groups in total. The molecule has 0 fully saturated rings. The fourth-order valence-corrected chi connectivity index (χ4v) is 2.92. The first kappa shape index (κ1) is 22.1. The van der Waals surface area contributed by atoms with Crippen LogP contribution in [-0.2, 0) is 14.3 Å². The van der Waals surface area contributed by atoms with Crippen LogP contribution in [0.25, 0.3) is 0 Å². The van der Waals surface area contributed by atoms with E-state index in [9.17, 15) is 14.4 Å². The van der Waals surface area contributed by atoms with E-state index in [-0.39, 0.29) is 18.7 Å². The normalized spacial score (nSPS) is 11.4. The molecule has 0 aliphatic rings. The van der Waals surface area contributed by atoms with Crippen LogP contribution in [0.5, 0.6) is 0 Å². The van der Waals surface area contributed by atoms with Crippen LogP contribution in [0.1, 0.15) is 34.2 Å². The van der Waals surface area contributed by atoms with Gasteiger partial charge in [-0.3, -0.25) is 14.4 Å². The standard InChI is InChI=1S/C23H21ClN2O5/c1-15-9-10-17(14-18(15)24)26-23(29)21(16-6-3-2-4-7-16)31-20(27)11-12-25-22(28)19-8-5-13-30-19/h2-10,13-14,21H,11-12H2,1H3,(H,25,28)(H,26,29). The Morgan fingerprint density at radius 1 is 1.06 bits per heavy atom. The Labute approximate surface area is 184 Å². The van der Waals surface area contributed by atoms with Crippen molar-refractivity contribution in [1.29, 1.82) is 0 Å². The zero-order chi connectivity index (χ0) is 22.2. The third-order valence-corrected chi connectivity index (χ3v) is 4.80. The van der Waals surface area contributed by atoms with Crippen molar-refractivity contribution in [1.82, 2.24) is 5.32 Å². The van der Waals surface area contributed by atoms with Gasteiger partial charge in [-0.15, -0.1) is 0 Å². The Kier molecular flexibility index (Phi) is 7.45. The van der Waals surface area contributed by atoms with Gasteiger partial charge in [0.05, 0.1) is 12.7 Å². The molecule has 0 saturated heterocycles. The number of carbonyl (C=O) groups is 3. The molecule has 7 nitrogen and oxygen atoms in total. The largest absolute Gasteiger partial charge is 0.459 e. The van der Waals surface area contributed by atoms with E-state index in [0.29, 0.717) is 16.3 Å². The molecule has 2 amide bonds. The molecule has 2 aromatic carbocycles. The summed E-state index contributed by atoms with van der Waals surface area (Å²) in [4.78, 5) is 37.1. The minimum atomic E-state index is -1.16. The number of aryl methyl sites for hydroxylation is 1. The Morgan fingerprint density at radius 3 is 2.52 bits per heavy atom. The molecule has 1 unspecified atom stereocenters. The van der Waals surface area contributed by atoms with E-state index in [0.717, 1.165) is 5.56 Å². The second-order valence-corrected chi connectivity index (χ2v) is 7.12. The average molecular weight is 441 g/mol. The van der Waals surface area contributed by atoms with Gasteiger partial charge >= 0.3 is 5.97 Å². The number of hydrogen-bond acceptors (Lipinski definition) is 5. The van der Waals surface area contributed by atoms with Crippen LogP contribution in [-0.4, -0.2) is 24.3 Å². The average Bonchev–Trinajstić information content (AvgIpc) is 3.30. The van der Waals surface area contributed by atoms with Crippen LogP contribution in [0.2, 0.25) is 5.02 Å². The lowest BCUT2D eigenvalue weighted by molar-refractivity contribution is -0.154. The van der Waals surface area contributed by atoms with Crippen molar-refractivity contribution in [3.63, 3.8) is 0 Å². The van der Waals surface area contributed by atoms with E-state index in [2.05, 4.69) is 10.6 Å². The number of amides is 2. The van der Waals surface area contributed by atoms with Gasteiger partial charge in [0, 0.05) is 22.8 Å². The van der Waals surface area contributed by atoms with Gasteiger partial charge < -0.3 is 19.8 Å². The first-order chi connectivity index (χ1) is 14.9. The van der Waals surface area contributed by atoms with Crippen LogP contribution in [0.4, 0.5) is 5.69 Å². The lowest BCUT2D eigenvalue weighted by atomic mass is 10.1. The summed E-state index contributed by atoms with van der Waals surface area (Å²) in [6.07, 6.45) is 0.113. The fraction of sp³-hybridized carbons (Fsp3) is 0.174. The van der Waals surface area contributed by atoms with Crippen LogP contribution in [0.15, 0.2) is 71.3 Å². The predicted molar refractivity (Wildman–Crippen MR) is 116 cm³/mol. The maximum Gasteiger partial charge on any atom is 0.308 e. The molecule has 3 aromatic rings. The maximum atomic E-state index is 12.9. The first-order valence-electron chi connectivity index (χ1n) is 9.57. The highest BCUT2D eigenvalue weighted by Gasteiger charge is 2.25. The number of halogens is 1. The van der Waals surface area contributed by atoms with Crippen molar-refractivity contribution in [3.05, 3.63) is 88.8 Å². The Balaban J connectivity index is 1.63. The molecule has 1 atom stereocenters. The van der Waals surface area contributed by atoms with Crippen molar-refractivity contribution >= 4 is 35.1 Å². The van der Waals surface area contributed by atoms with Crippen molar-refractivity contribution in [2.24, 2.45) is 0 Å². The summed E-state index contributed by atoms with van der Waals surface area (Å²) in [6.45, 7) is 1.89. The fourth-order valence-electron chi connectivity index (χ4n) is 2.74. The Bertz CT molecular complexity index is 1050. The third-order valence-electron chi connectivity index (χ3n) is 4.39. The van der Waals surface area contributed by atoms with Gasteiger partial charge in [0.1, 0.15) is 0 Å². The van der Waals surface area contributed by atoms with E-state index in [1.165, 1.54) is 12.3 Å². The molecule has 1 aromatic heterocycles. The maximum absolute atomic E-state index is 12.9. The van der Waals surface area contributed by atoms with Crippen LogP contribution in [0.3, 0.4) is 0 Å². The molecule has 8 heteroatoms. The number of carbonyl (C=O) groups excluding carboxylic acids is 3. The van der Waals surface area contributed by atoms with Gasteiger partial charge in [-0.1, -0.05) is 48.0 Å². The summed E-state index contributed by atoms with van der Waals surface area (Å²) in [5.74, 6) is -1.44. The zero-order valence-corrected chi connectivity index (χ0v) is 17.5. The Morgan fingerprint density at radius 2 is 1.84 bits per heavy atom. The number of hydrogen-bond donors (Lipinski definition) is 2. The number of benzene rings is 2. The third kappa shape index (κ3) is 6.20. The van der Waals surface area contributed by atoms with Crippen molar-refractivity contribution in [2.75, 3.05) is 11.9 Å². The highest BCUT2D eigenvalue weighted by molar-refractivity contribution is 6.31. The number of anilines is 1. The highest BCUT2D eigenvalue weighted by Crippen LogP contribution is 2.23. The van der Waals surface area contributed by atoms with E-state index in [1.807, 2.05) is 6.92 Å². The van der Waals surface area contributed by atoms with Crippen LogP contribution >= 0.6 is 11.6 Å². The van der Waals surface area contributed by atoms with Gasteiger partial charge in [0.2, 0.25) is 6.10 Å². The molecule has 0 radical (unpaired) electrons. The van der Waals surface area contributed by atoms with E-state index >= 15 is 0 Å². The summed E-state index contributed by atoms with van der Waals surface area (Å²) in [7, 11) is 0. The summed E-state index contributed by atoms with van der Waals surface area (Å²) in [5.41, 5.74) is 1.89. The smallest absolute Gasteiger partial charge is 0.308 e. The second-order valence-electron chi connectivity index (χ2n) is 6.72. The van der Waals surface area contributed by atoms with Crippen molar-refractivity contribution < 1.29 is 23.5 Å². The summed E-state index contributed by atoms with van der Waals surface area (Å²) < 4.78 is 10.4. The van der Waals surface area contributed by atoms with E-state index in [4.69, 9.17) is 20.8 Å². The lowest BCUT2D eigenvalue weighted by Gasteiger charge is -2.18. The molecular formula is C23H21ClN2O5. The Hall–Kier alpha value is -3.58. The topological polar surface area (TPSA) is 97.6 Å². The number of rotatable bonds is 8. The molecule has 1 heterocycles. The van der Waals surface area contributed by atoms with Gasteiger partial charge in [-0.2, -0.15) is 0 Å². The second kappa shape index (κ2) is 10.4. The molecule has 160 valence electrons. The molecule has 3 rings (SSSR count). The van der Waals surface area contributed by atoms with Gasteiger partial charge in [-0.05, 0) is 36.8 Å². The SMILES string of the molecule is Cc1ccc(NC(=O)C(OC(=O)CCNC(=O)c2ccco2)c2ccccc2)cc1Cl. The van der Waals surface area contributed by atoms with E-state index < -0.39 is 23.9 Å². The van der Waals surface area contributed by atoms with Crippen LogP contribution in [0, 0.1) is 6.92 Å². The summed E-state index contributed by atoms with van der Waals surface area (Å²) >= 11 is 6.12. The molecule has 0 saturated carbocycles. The summed E-state index contributed by atoms with van der Waals surface area (Å²) in [5, 5.41) is 5.80. The zero-order valence-electron chi connectivity index (χ0n) is 16.8. The highest BCUT2D eigenvalue weighted by atomic mass is 35.5. The minimum absolute atomic E-state index is 0.0368.